The highest BCUT2D eigenvalue weighted by Crippen LogP contribution is 2.33. The van der Waals surface area contributed by atoms with Gasteiger partial charge in [0.1, 0.15) is 11.5 Å². The van der Waals surface area contributed by atoms with Gasteiger partial charge in [-0.1, -0.05) is 60.7 Å². The Labute approximate surface area is 235 Å². The molecule has 0 radical (unpaired) electrons. The van der Waals surface area contributed by atoms with E-state index < -0.39 is 12.7 Å². The maximum Gasteiger partial charge on any atom is 0.573 e. The average Bonchev–Trinajstić information content (AvgIpc) is 2.81. The van der Waals surface area contributed by atoms with Crippen molar-refractivity contribution in [3.8, 4) is 33.8 Å². The Bertz CT molecular complexity index is 1280. The van der Waals surface area contributed by atoms with Crippen LogP contribution in [0.15, 0.2) is 84.9 Å². The summed E-state index contributed by atoms with van der Waals surface area (Å²) in [6.45, 7) is 0. The first-order valence-corrected chi connectivity index (χ1v) is 12.8. The molecule has 0 unspecified atom stereocenters. The zero-order valence-electron chi connectivity index (χ0n) is 18.6. The van der Waals surface area contributed by atoms with Crippen LogP contribution in [-0.2, 0) is 6.42 Å². The molecular weight excluding hydrogens is 724 g/mol. The first kappa shape index (κ1) is 27.6. The summed E-state index contributed by atoms with van der Waals surface area (Å²) in [5.74, 6) is -0.477. The molecule has 0 aromatic heterocycles. The molecule has 0 saturated heterocycles. The second-order valence-corrected chi connectivity index (χ2v) is 10.3. The number of benzene rings is 4. The van der Waals surface area contributed by atoms with Crippen LogP contribution in [0.4, 0.5) is 26.3 Å². The molecule has 0 bridgehead atoms. The molecule has 37 heavy (non-hydrogen) atoms. The highest BCUT2D eigenvalue weighted by atomic mass is 127. The molecule has 0 atom stereocenters. The molecular formula is C27H16F6I2O2. The number of halogens is 8. The van der Waals surface area contributed by atoms with E-state index in [0.29, 0.717) is 13.6 Å². The van der Waals surface area contributed by atoms with Crippen LogP contribution in [0.1, 0.15) is 11.1 Å². The van der Waals surface area contributed by atoms with E-state index in [1.165, 1.54) is 12.1 Å². The maximum atomic E-state index is 12.5. The van der Waals surface area contributed by atoms with Crippen molar-refractivity contribution in [2.45, 2.75) is 19.1 Å². The fourth-order valence-electron chi connectivity index (χ4n) is 3.64. The largest absolute Gasteiger partial charge is 0.573 e. The average molecular weight is 740 g/mol. The van der Waals surface area contributed by atoms with Gasteiger partial charge in [0.25, 0.3) is 0 Å². The molecule has 2 nitrogen and oxygen atoms in total. The minimum atomic E-state index is -4.74. The van der Waals surface area contributed by atoms with Gasteiger partial charge >= 0.3 is 12.7 Å². The Morgan fingerprint density at radius 1 is 0.486 bits per heavy atom. The van der Waals surface area contributed by atoms with Crippen molar-refractivity contribution in [2.24, 2.45) is 0 Å². The molecule has 0 amide bonds. The predicted octanol–water partition coefficient (Wildman–Crippen LogP) is 9.62. The van der Waals surface area contributed by atoms with Crippen LogP contribution in [0.5, 0.6) is 11.5 Å². The lowest BCUT2D eigenvalue weighted by Gasteiger charge is -2.12. The minimum absolute atomic E-state index is 0.239. The number of alkyl halides is 6. The Morgan fingerprint density at radius 2 is 0.811 bits per heavy atom. The molecule has 0 spiro atoms. The SMILES string of the molecule is FC(F)(F)Oc1ccc(-c2ccc(Cc3ccc(-c4ccc(OC(F)(F)F)c(I)c4)cc3)cc2)cc1I. The van der Waals surface area contributed by atoms with E-state index in [-0.39, 0.29) is 11.5 Å². The van der Waals surface area contributed by atoms with Gasteiger partial charge in [-0.3, -0.25) is 0 Å². The standard InChI is InChI=1S/C27H16F6I2O2/c28-26(29,30)36-24-11-9-20(14-22(24)34)18-5-1-16(2-6-18)13-17-3-7-19(8-4-17)21-10-12-25(23(35)15-21)37-27(31,32)33/h1-12,14-15H,13H2. The molecule has 4 aromatic carbocycles. The summed E-state index contributed by atoms with van der Waals surface area (Å²) >= 11 is 3.63. The second kappa shape index (κ2) is 11.1. The molecule has 0 saturated carbocycles. The number of hydrogen-bond donors (Lipinski definition) is 0. The van der Waals surface area contributed by atoms with Crippen LogP contribution in [0.2, 0.25) is 0 Å². The third-order valence-electron chi connectivity index (χ3n) is 5.30. The molecule has 0 fully saturated rings. The Morgan fingerprint density at radius 3 is 1.11 bits per heavy atom. The van der Waals surface area contributed by atoms with Gasteiger partial charge in [0.05, 0.1) is 7.14 Å². The van der Waals surface area contributed by atoms with E-state index in [2.05, 4.69) is 9.47 Å². The van der Waals surface area contributed by atoms with Gasteiger partial charge in [-0.25, -0.2) is 0 Å². The quantitative estimate of drug-likeness (QED) is 0.145. The normalized spacial score (nSPS) is 11.9. The summed E-state index contributed by atoms with van der Waals surface area (Å²) < 4.78 is 83.7. The van der Waals surface area contributed by atoms with Crippen LogP contribution >= 0.6 is 45.2 Å². The highest BCUT2D eigenvalue weighted by molar-refractivity contribution is 14.1. The van der Waals surface area contributed by atoms with Crippen LogP contribution in [0, 0.1) is 7.14 Å². The topological polar surface area (TPSA) is 18.5 Å². The van der Waals surface area contributed by atoms with E-state index in [0.717, 1.165) is 33.4 Å². The van der Waals surface area contributed by atoms with Crippen molar-refractivity contribution >= 4 is 45.2 Å². The lowest BCUT2D eigenvalue weighted by molar-refractivity contribution is -0.276. The third-order valence-corrected chi connectivity index (χ3v) is 6.98. The molecule has 4 aromatic rings. The first-order valence-electron chi connectivity index (χ1n) is 10.7. The highest BCUT2D eigenvalue weighted by Gasteiger charge is 2.32. The minimum Gasteiger partial charge on any atom is -0.405 e. The molecule has 0 heterocycles. The monoisotopic (exact) mass is 740 g/mol. The lowest BCUT2D eigenvalue weighted by Crippen LogP contribution is -2.17. The van der Waals surface area contributed by atoms with E-state index in [4.69, 9.17) is 0 Å². The van der Waals surface area contributed by atoms with E-state index in [1.54, 1.807) is 24.3 Å². The van der Waals surface area contributed by atoms with Gasteiger partial charge in [-0.05, 0) is 109 Å². The van der Waals surface area contributed by atoms with Crippen LogP contribution in [0.3, 0.4) is 0 Å². The summed E-state index contributed by atoms with van der Waals surface area (Å²) in [6, 6.07) is 24.5. The summed E-state index contributed by atoms with van der Waals surface area (Å²) in [7, 11) is 0. The molecule has 4 rings (SSSR count). The van der Waals surface area contributed by atoms with Crippen molar-refractivity contribution in [1.29, 1.82) is 0 Å². The van der Waals surface area contributed by atoms with E-state index in [1.807, 2.05) is 93.7 Å². The lowest BCUT2D eigenvalue weighted by atomic mass is 9.98. The Balaban J connectivity index is 1.43. The van der Waals surface area contributed by atoms with Gasteiger partial charge in [-0.2, -0.15) is 0 Å². The van der Waals surface area contributed by atoms with Gasteiger partial charge in [0.2, 0.25) is 0 Å². The molecule has 0 aliphatic rings. The van der Waals surface area contributed by atoms with Gasteiger partial charge < -0.3 is 9.47 Å². The van der Waals surface area contributed by atoms with Gasteiger partial charge in [0.15, 0.2) is 0 Å². The molecule has 192 valence electrons. The van der Waals surface area contributed by atoms with Crippen LogP contribution in [-0.4, -0.2) is 12.7 Å². The summed E-state index contributed by atoms with van der Waals surface area (Å²) in [5, 5.41) is 0. The van der Waals surface area contributed by atoms with Crippen molar-refractivity contribution in [3.63, 3.8) is 0 Å². The number of ether oxygens (including phenoxy) is 2. The van der Waals surface area contributed by atoms with Gasteiger partial charge in [0, 0.05) is 0 Å². The van der Waals surface area contributed by atoms with Crippen molar-refractivity contribution in [3.05, 3.63) is 103 Å². The third kappa shape index (κ3) is 7.76. The van der Waals surface area contributed by atoms with E-state index >= 15 is 0 Å². The van der Waals surface area contributed by atoms with Crippen molar-refractivity contribution < 1.29 is 35.8 Å². The molecule has 0 aliphatic heterocycles. The van der Waals surface area contributed by atoms with Crippen LogP contribution in [0.25, 0.3) is 22.3 Å². The molecule has 0 N–H and O–H groups in total. The first-order chi connectivity index (χ1) is 17.4. The predicted molar refractivity (Wildman–Crippen MR) is 145 cm³/mol. The summed E-state index contributed by atoms with van der Waals surface area (Å²) in [4.78, 5) is 0. The maximum absolute atomic E-state index is 12.5. The number of rotatable bonds is 6. The molecule has 0 aliphatic carbocycles. The van der Waals surface area contributed by atoms with Crippen molar-refractivity contribution in [2.75, 3.05) is 0 Å². The Hall–Kier alpha value is -2.48. The zero-order chi connectivity index (χ0) is 26.8. The zero-order valence-corrected chi connectivity index (χ0v) is 22.9. The Kier molecular flexibility index (Phi) is 8.26. The van der Waals surface area contributed by atoms with Crippen LogP contribution < -0.4 is 9.47 Å². The molecule has 10 heteroatoms. The fraction of sp³-hybridized carbons (Fsp3) is 0.111. The summed E-state index contributed by atoms with van der Waals surface area (Å²) in [6.07, 6.45) is -8.82. The summed E-state index contributed by atoms with van der Waals surface area (Å²) in [5.41, 5.74) is 5.37. The smallest absolute Gasteiger partial charge is 0.405 e. The van der Waals surface area contributed by atoms with E-state index in [9.17, 15) is 26.3 Å². The fourth-order valence-corrected chi connectivity index (χ4v) is 4.89. The number of hydrogen-bond acceptors (Lipinski definition) is 2. The van der Waals surface area contributed by atoms with Gasteiger partial charge in [-0.15, -0.1) is 26.3 Å². The second-order valence-electron chi connectivity index (χ2n) is 7.96. The van der Waals surface area contributed by atoms with Crippen molar-refractivity contribution in [1.82, 2.24) is 0 Å².